The fraction of sp³-hybridized carbons (Fsp3) is 0.308. The Morgan fingerprint density at radius 3 is 2.75 bits per heavy atom. The molecule has 2 N–H and O–H groups in total. The highest BCUT2D eigenvalue weighted by Crippen LogP contribution is 2.24. The summed E-state index contributed by atoms with van der Waals surface area (Å²) in [5, 5.41) is 5.96. The lowest BCUT2D eigenvalue weighted by Gasteiger charge is -2.15. The maximum absolute atomic E-state index is 13.3. The Hall–Kier alpha value is -0.810. The molecule has 0 fully saturated rings. The normalized spacial score (nSPS) is 14.2. The summed E-state index contributed by atoms with van der Waals surface area (Å²) in [5.74, 6) is -1.06. The second-order valence-electron chi connectivity index (χ2n) is 4.25. The molecule has 7 heteroatoms. The number of benzene rings is 1. The van der Waals surface area contributed by atoms with Crippen molar-refractivity contribution < 1.29 is 9.18 Å². The van der Waals surface area contributed by atoms with Gasteiger partial charge in [0, 0.05) is 13.1 Å². The summed E-state index contributed by atoms with van der Waals surface area (Å²) in [6, 6.07) is 2.29. The minimum Gasteiger partial charge on any atom is -0.348 e. The first-order chi connectivity index (χ1) is 9.08. The molecule has 1 aromatic carbocycles. The van der Waals surface area contributed by atoms with E-state index in [0.29, 0.717) is 6.54 Å². The minimum atomic E-state index is -0.655. The number of hydrogen-bond donors (Lipinski definition) is 2. The van der Waals surface area contributed by atoms with Gasteiger partial charge in [0.2, 0.25) is 0 Å². The smallest absolute Gasteiger partial charge is 0.253 e. The van der Waals surface area contributed by atoms with Gasteiger partial charge in [0.1, 0.15) is 5.82 Å². The Labute approximate surface area is 132 Å². The number of carbonyl (C=O) groups excluding carboxylic acids is 1. The van der Waals surface area contributed by atoms with Crippen LogP contribution in [0.5, 0.6) is 0 Å². The largest absolute Gasteiger partial charge is 0.348 e. The Morgan fingerprint density at radius 1 is 1.35 bits per heavy atom. The maximum Gasteiger partial charge on any atom is 0.253 e. The van der Waals surface area contributed by atoms with E-state index in [9.17, 15) is 9.18 Å². The summed E-state index contributed by atoms with van der Waals surface area (Å²) < 4.78 is 13.3. The molecule has 0 aromatic heterocycles. The molecule has 0 spiro atoms. The summed E-state index contributed by atoms with van der Waals surface area (Å²) in [6.45, 7) is 2.15. The average molecular weight is 340 g/mol. The van der Waals surface area contributed by atoms with E-state index >= 15 is 0 Å². The first-order valence-corrected chi connectivity index (χ1v) is 6.65. The first kappa shape index (κ1) is 17.2. The van der Waals surface area contributed by atoms with E-state index in [1.165, 1.54) is 6.07 Å². The molecule has 1 aromatic rings. The van der Waals surface area contributed by atoms with Crippen molar-refractivity contribution in [1.29, 1.82) is 0 Å². The highest BCUT2D eigenvalue weighted by atomic mass is 35.5. The van der Waals surface area contributed by atoms with Crippen LogP contribution in [0.25, 0.3) is 0 Å². The van der Waals surface area contributed by atoms with Crippen LogP contribution in [-0.2, 0) is 0 Å². The lowest BCUT2D eigenvalue weighted by atomic mass is 10.1. The Balaban J connectivity index is 0.00000200. The van der Waals surface area contributed by atoms with Crippen LogP contribution < -0.4 is 10.6 Å². The summed E-state index contributed by atoms with van der Waals surface area (Å²) in [6.07, 6.45) is 2.93. The van der Waals surface area contributed by atoms with Crippen molar-refractivity contribution in [2.75, 3.05) is 19.6 Å². The maximum atomic E-state index is 13.3. The van der Waals surface area contributed by atoms with Gasteiger partial charge in [-0.2, -0.15) is 0 Å². The van der Waals surface area contributed by atoms with Gasteiger partial charge in [0.05, 0.1) is 15.6 Å². The van der Waals surface area contributed by atoms with E-state index in [4.69, 9.17) is 23.2 Å². The second kappa shape index (κ2) is 7.84. The van der Waals surface area contributed by atoms with Crippen molar-refractivity contribution in [2.24, 2.45) is 0 Å². The highest BCUT2D eigenvalue weighted by Gasteiger charge is 2.14. The summed E-state index contributed by atoms with van der Waals surface area (Å²) in [4.78, 5) is 11.9. The molecule has 0 unspecified atom stereocenters. The quantitative estimate of drug-likeness (QED) is 0.656. The predicted octanol–water partition coefficient (Wildman–Crippen LogP) is 3.20. The van der Waals surface area contributed by atoms with Crippen molar-refractivity contribution in [3.63, 3.8) is 0 Å². The molecule has 0 radical (unpaired) electrons. The van der Waals surface area contributed by atoms with Gasteiger partial charge in [0.25, 0.3) is 5.91 Å². The van der Waals surface area contributed by atoms with Crippen molar-refractivity contribution in [1.82, 2.24) is 10.6 Å². The number of rotatable bonds is 3. The molecule has 1 heterocycles. The minimum absolute atomic E-state index is 0. The van der Waals surface area contributed by atoms with Gasteiger partial charge < -0.3 is 10.6 Å². The Kier molecular flexibility index (Phi) is 6.76. The van der Waals surface area contributed by atoms with Crippen LogP contribution in [-0.4, -0.2) is 25.5 Å². The van der Waals surface area contributed by atoms with Gasteiger partial charge >= 0.3 is 0 Å². The fourth-order valence-corrected chi connectivity index (χ4v) is 2.28. The lowest BCUT2D eigenvalue weighted by Crippen LogP contribution is -2.29. The summed E-state index contributed by atoms with van der Waals surface area (Å²) in [7, 11) is 0. The summed E-state index contributed by atoms with van der Waals surface area (Å²) in [5.41, 5.74) is 1.25. The van der Waals surface area contributed by atoms with Gasteiger partial charge in [-0.15, -0.1) is 12.4 Å². The SMILES string of the molecule is Cl.O=C(NCC1=CCNCC1)c1cc(F)c(Cl)cc1Cl. The van der Waals surface area contributed by atoms with Crippen molar-refractivity contribution in [3.8, 4) is 0 Å². The zero-order valence-electron chi connectivity index (χ0n) is 10.5. The van der Waals surface area contributed by atoms with E-state index < -0.39 is 11.7 Å². The zero-order chi connectivity index (χ0) is 13.8. The summed E-state index contributed by atoms with van der Waals surface area (Å²) >= 11 is 11.5. The lowest BCUT2D eigenvalue weighted by molar-refractivity contribution is 0.0956. The Bertz CT molecular complexity index is 535. The third-order valence-electron chi connectivity index (χ3n) is 2.89. The van der Waals surface area contributed by atoms with E-state index in [1.807, 2.05) is 6.08 Å². The van der Waals surface area contributed by atoms with Gasteiger partial charge in [-0.25, -0.2) is 4.39 Å². The van der Waals surface area contributed by atoms with Gasteiger partial charge in [0.15, 0.2) is 0 Å². The molecular formula is C13H14Cl3FN2O. The van der Waals surface area contributed by atoms with Crippen LogP contribution in [0.4, 0.5) is 4.39 Å². The van der Waals surface area contributed by atoms with Gasteiger partial charge in [-0.05, 0) is 25.1 Å². The number of nitrogens with one attached hydrogen (secondary N) is 2. The highest BCUT2D eigenvalue weighted by molar-refractivity contribution is 6.36. The number of halogens is 4. The molecular weight excluding hydrogens is 326 g/mol. The molecule has 1 aliphatic rings. The third-order valence-corrected chi connectivity index (χ3v) is 3.49. The fourth-order valence-electron chi connectivity index (χ4n) is 1.82. The number of carbonyl (C=O) groups is 1. The predicted molar refractivity (Wildman–Crippen MR) is 81.6 cm³/mol. The van der Waals surface area contributed by atoms with Crippen LogP contribution in [0.3, 0.4) is 0 Å². The molecule has 1 amide bonds. The van der Waals surface area contributed by atoms with Crippen LogP contribution in [0.1, 0.15) is 16.8 Å². The molecule has 0 saturated carbocycles. The molecule has 1 aliphatic heterocycles. The van der Waals surface area contributed by atoms with E-state index in [2.05, 4.69) is 10.6 Å². The van der Waals surface area contributed by atoms with Crippen molar-refractivity contribution >= 4 is 41.5 Å². The van der Waals surface area contributed by atoms with E-state index in [0.717, 1.165) is 31.1 Å². The molecule has 0 bridgehead atoms. The van der Waals surface area contributed by atoms with Crippen LogP contribution in [0.15, 0.2) is 23.8 Å². The number of hydrogen-bond acceptors (Lipinski definition) is 2. The topological polar surface area (TPSA) is 41.1 Å². The zero-order valence-corrected chi connectivity index (χ0v) is 12.8. The molecule has 2 rings (SSSR count). The second-order valence-corrected chi connectivity index (χ2v) is 5.06. The molecule has 3 nitrogen and oxygen atoms in total. The van der Waals surface area contributed by atoms with Gasteiger partial charge in [-0.1, -0.05) is 34.9 Å². The van der Waals surface area contributed by atoms with E-state index in [1.54, 1.807) is 0 Å². The van der Waals surface area contributed by atoms with Crippen molar-refractivity contribution in [2.45, 2.75) is 6.42 Å². The molecule has 0 atom stereocenters. The van der Waals surface area contributed by atoms with Crippen LogP contribution in [0.2, 0.25) is 10.0 Å². The van der Waals surface area contributed by atoms with Crippen molar-refractivity contribution in [3.05, 3.63) is 45.2 Å². The van der Waals surface area contributed by atoms with Crippen LogP contribution in [0, 0.1) is 5.82 Å². The average Bonchev–Trinajstić information content (AvgIpc) is 2.41. The third kappa shape index (κ3) is 4.35. The molecule has 20 heavy (non-hydrogen) atoms. The molecule has 0 saturated heterocycles. The monoisotopic (exact) mass is 338 g/mol. The van der Waals surface area contributed by atoms with Gasteiger partial charge in [-0.3, -0.25) is 4.79 Å². The first-order valence-electron chi connectivity index (χ1n) is 5.89. The number of amides is 1. The molecule has 0 aliphatic carbocycles. The molecule has 110 valence electrons. The Morgan fingerprint density at radius 2 is 2.10 bits per heavy atom. The van der Waals surface area contributed by atoms with E-state index in [-0.39, 0.29) is 28.0 Å². The standard InChI is InChI=1S/C13H13Cl2FN2O.ClH/c14-10-6-11(15)12(16)5-9(10)13(19)18-7-8-1-3-17-4-2-8;/h1,5-6,17H,2-4,7H2,(H,18,19);1H. The van der Waals surface area contributed by atoms with Crippen LogP contribution >= 0.6 is 35.6 Å².